The highest BCUT2D eigenvalue weighted by molar-refractivity contribution is 7.89. The maximum absolute atomic E-state index is 12.6. The Kier molecular flexibility index (Phi) is 4.49. The number of sulfonamides is 1. The maximum Gasteiger partial charge on any atom is 0.241 e. The zero-order valence-corrected chi connectivity index (χ0v) is 14.4. The molecule has 0 aliphatic carbocycles. The van der Waals surface area contributed by atoms with Crippen LogP contribution in [0.15, 0.2) is 41.3 Å². The lowest BCUT2D eigenvalue weighted by molar-refractivity contribution is 0.174. The van der Waals surface area contributed by atoms with Crippen LogP contribution in [0.5, 0.6) is 11.5 Å². The van der Waals surface area contributed by atoms with Crippen molar-refractivity contribution in [1.29, 1.82) is 0 Å². The van der Waals surface area contributed by atoms with E-state index in [2.05, 4.69) is 4.72 Å². The van der Waals surface area contributed by atoms with E-state index < -0.39 is 10.0 Å². The average Bonchev–Trinajstić information content (AvgIpc) is 2.99. The number of hydrogen-bond acceptors (Lipinski definition) is 5. The zero-order valence-electron chi connectivity index (χ0n) is 13.6. The Morgan fingerprint density at radius 2 is 1.79 bits per heavy atom. The third-order valence-corrected chi connectivity index (χ3v) is 5.47. The van der Waals surface area contributed by atoms with Gasteiger partial charge >= 0.3 is 0 Å². The lowest BCUT2D eigenvalue weighted by Crippen LogP contribution is -2.24. The van der Waals surface area contributed by atoms with Gasteiger partial charge in [0.25, 0.3) is 0 Å². The van der Waals surface area contributed by atoms with Crippen molar-refractivity contribution >= 4 is 10.0 Å². The van der Waals surface area contributed by atoms with E-state index in [4.69, 9.17) is 15.2 Å². The second-order valence-electron chi connectivity index (χ2n) is 5.83. The van der Waals surface area contributed by atoms with Gasteiger partial charge in [0.2, 0.25) is 16.8 Å². The van der Waals surface area contributed by atoms with Gasteiger partial charge in [0, 0.05) is 18.7 Å². The van der Waals surface area contributed by atoms with Crippen LogP contribution in [-0.4, -0.2) is 15.2 Å². The summed E-state index contributed by atoms with van der Waals surface area (Å²) in [5.41, 5.74) is 8.29. The van der Waals surface area contributed by atoms with Gasteiger partial charge in [-0.25, -0.2) is 13.1 Å². The second-order valence-corrected chi connectivity index (χ2v) is 7.56. The van der Waals surface area contributed by atoms with Crippen molar-refractivity contribution in [3.63, 3.8) is 0 Å². The molecule has 2 aromatic carbocycles. The molecule has 0 saturated carbocycles. The summed E-state index contributed by atoms with van der Waals surface area (Å²) in [6.45, 7) is 3.95. The van der Waals surface area contributed by atoms with Crippen molar-refractivity contribution in [2.45, 2.75) is 31.3 Å². The lowest BCUT2D eigenvalue weighted by Gasteiger charge is -2.11. The molecule has 0 fully saturated rings. The third kappa shape index (κ3) is 3.38. The fourth-order valence-corrected chi connectivity index (χ4v) is 3.77. The van der Waals surface area contributed by atoms with Crippen LogP contribution < -0.4 is 19.9 Å². The molecule has 6 nitrogen and oxygen atoms in total. The van der Waals surface area contributed by atoms with E-state index >= 15 is 0 Å². The van der Waals surface area contributed by atoms with Gasteiger partial charge in [-0.2, -0.15) is 0 Å². The molecule has 1 aliphatic rings. The first kappa shape index (κ1) is 16.8. The molecule has 7 heteroatoms. The normalized spacial score (nSPS) is 14.6. The van der Waals surface area contributed by atoms with Crippen molar-refractivity contribution < 1.29 is 17.9 Å². The van der Waals surface area contributed by atoms with Crippen molar-refractivity contribution in [2.75, 3.05) is 6.79 Å². The molecule has 24 heavy (non-hydrogen) atoms. The third-order valence-electron chi connectivity index (χ3n) is 3.93. The first-order valence-corrected chi connectivity index (χ1v) is 9.09. The lowest BCUT2D eigenvalue weighted by atomic mass is 10.1. The molecule has 0 aromatic heterocycles. The van der Waals surface area contributed by atoms with Crippen LogP contribution in [0.3, 0.4) is 0 Å². The average molecular weight is 348 g/mol. The number of hydrogen-bond donors (Lipinski definition) is 2. The molecule has 3 rings (SSSR count). The molecule has 1 unspecified atom stereocenters. The van der Waals surface area contributed by atoms with Crippen LogP contribution in [0.4, 0.5) is 0 Å². The standard InChI is InChI=1S/C17H20N2O4S/c1-11-7-15-16(23-10-22-15)8-17(11)24(20,21)19-9-13-3-5-14(6-4-13)12(2)18/h3-8,12,19H,9-10,18H2,1-2H3. The molecule has 1 atom stereocenters. The van der Waals surface area contributed by atoms with E-state index in [0.29, 0.717) is 17.1 Å². The SMILES string of the molecule is Cc1cc2c(cc1S(=O)(=O)NCc1ccc(C(C)N)cc1)OCO2. The molecule has 0 saturated heterocycles. The molecule has 3 N–H and O–H groups in total. The Morgan fingerprint density at radius 3 is 2.42 bits per heavy atom. The minimum atomic E-state index is -3.65. The fourth-order valence-electron chi connectivity index (χ4n) is 2.51. The quantitative estimate of drug-likeness (QED) is 0.865. The van der Waals surface area contributed by atoms with E-state index in [1.807, 2.05) is 31.2 Å². The van der Waals surface area contributed by atoms with E-state index in [9.17, 15) is 8.42 Å². The van der Waals surface area contributed by atoms with Crippen LogP contribution in [0.1, 0.15) is 29.7 Å². The van der Waals surface area contributed by atoms with Crippen LogP contribution >= 0.6 is 0 Å². The Labute approximate surface area is 141 Å². The van der Waals surface area contributed by atoms with Crippen molar-refractivity contribution in [2.24, 2.45) is 5.73 Å². The van der Waals surface area contributed by atoms with Crippen molar-refractivity contribution in [3.05, 3.63) is 53.1 Å². The highest BCUT2D eigenvalue weighted by atomic mass is 32.2. The van der Waals surface area contributed by atoms with Crippen molar-refractivity contribution in [1.82, 2.24) is 4.72 Å². The monoisotopic (exact) mass is 348 g/mol. The molecule has 128 valence electrons. The van der Waals surface area contributed by atoms with Gasteiger partial charge in [-0.3, -0.25) is 0 Å². The highest BCUT2D eigenvalue weighted by Crippen LogP contribution is 2.36. The van der Waals surface area contributed by atoms with Gasteiger partial charge < -0.3 is 15.2 Å². The Balaban J connectivity index is 1.77. The first-order valence-electron chi connectivity index (χ1n) is 7.61. The number of fused-ring (bicyclic) bond motifs is 1. The summed E-state index contributed by atoms with van der Waals surface area (Å²) in [6.07, 6.45) is 0. The van der Waals surface area contributed by atoms with Gasteiger partial charge in [0.05, 0.1) is 4.90 Å². The van der Waals surface area contributed by atoms with E-state index in [-0.39, 0.29) is 24.3 Å². The van der Waals surface area contributed by atoms with Crippen LogP contribution in [0.2, 0.25) is 0 Å². The summed E-state index contributed by atoms with van der Waals surface area (Å²) >= 11 is 0. The Hall–Kier alpha value is -2.09. The highest BCUT2D eigenvalue weighted by Gasteiger charge is 2.23. The van der Waals surface area contributed by atoms with Gasteiger partial charge in [-0.1, -0.05) is 24.3 Å². The van der Waals surface area contributed by atoms with E-state index in [1.165, 1.54) is 6.07 Å². The molecule has 0 bridgehead atoms. The summed E-state index contributed by atoms with van der Waals surface area (Å²) in [6, 6.07) is 10.7. The summed E-state index contributed by atoms with van der Waals surface area (Å²) in [5.74, 6) is 1.01. The number of rotatable bonds is 5. The Morgan fingerprint density at radius 1 is 1.17 bits per heavy atom. The molecule has 1 aliphatic heterocycles. The number of benzene rings is 2. The van der Waals surface area contributed by atoms with Crippen LogP contribution in [0, 0.1) is 6.92 Å². The molecular weight excluding hydrogens is 328 g/mol. The van der Waals surface area contributed by atoms with E-state index in [1.54, 1.807) is 13.0 Å². The predicted octanol–water partition coefficient (Wildman–Crippen LogP) is 2.22. The Bertz CT molecular complexity index is 846. The number of nitrogens with two attached hydrogens (primary N) is 1. The summed E-state index contributed by atoms with van der Waals surface area (Å²) in [7, 11) is -3.65. The molecule has 1 heterocycles. The van der Waals surface area contributed by atoms with Gasteiger partial charge in [-0.15, -0.1) is 0 Å². The number of ether oxygens (including phenoxy) is 2. The van der Waals surface area contributed by atoms with E-state index in [0.717, 1.165) is 11.1 Å². The van der Waals surface area contributed by atoms with Crippen LogP contribution in [0.25, 0.3) is 0 Å². The first-order chi connectivity index (χ1) is 11.4. The number of aryl methyl sites for hydroxylation is 1. The molecule has 0 radical (unpaired) electrons. The molecule has 0 amide bonds. The summed E-state index contributed by atoms with van der Waals surface area (Å²) in [4.78, 5) is 0.193. The molecule has 0 spiro atoms. The minimum Gasteiger partial charge on any atom is -0.454 e. The fraction of sp³-hybridized carbons (Fsp3) is 0.294. The van der Waals surface area contributed by atoms with Crippen LogP contribution in [-0.2, 0) is 16.6 Å². The van der Waals surface area contributed by atoms with Gasteiger partial charge in [-0.05, 0) is 36.6 Å². The smallest absolute Gasteiger partial charge is 0.241 e. The zero-order chi connectivity index (χ0) is 17.3. The minimum absolute atomic E-state index is 0.0491. The number of nitrogens with one attached hydrogen (secondary N) is 1. The largest absolute Gasteiger partial charge is 0.454 e. The van der Waals surface area contributed by atoms with Gasteiger partial charge in [0.1, 0.15) is 0 Å². The second kappa shape index (κ2) is 6.43. The summed E-state index contributed by atoms with van der Waals surface area (Å²) in [5, 5.41) is 0. The van der Waals surface area contributed by atoms with Crippen molar-refractivity contribution in [3.8, 4) is 11.5 Å². The maximum atomic E-state index is 12.6. The summed E-state index contributed by atoms with van der Waals surface area (Å²) < 4.78 is 38.3. The predicted molar refractivity (Wildman–Crippen MR) is 90.4 cm³/mol. The van der Waals surface area contributed by atoms with Gasteiger partial charge in [0.15, 0.2) is 11.5 Å². The topological polar surface area (TPSA) is 90.7 Å². The molecular formula is C17H20N2O4S. The molecule has 2 aromatic rings.